The van der Waals surface area contributed by atoms with E-state index in [1.165, 1.54) is 23.0 Å². The highest BCUT2D eigenvalue weighted by molar-refractivity contribution is 5.82. The van der Waals surface area contributed by atoms with Crippen molar-refractivity contribution in [1.29, 1.82) is 0 Å². The Hall–Kier alpha value is -1.31. The average molecular weight is 158 g/mol. The van der Waals surface area contributed by atoms with Crippen LogP contribution in [-0.4, -0.2) is 9.55 Å². The van der Waals surface area contributed by atoms with Crippen LogP contribution in [0.3, 0.4) is 0 Å². The minimum absolute atomic E-state index is 1.14. The van der Waals surface area contributed by atoms with Gasteiger partial charge in [-0.1, -0.05) is 0 Å². The number of hydrogen-bond donors (Lipinski definition) is 0. The molecule has 2 aromatic rings. The second-order valence-corrected chi connectivity index (χ2v) is 3.31. The summed E-state index contributed by atoms with van der Waals surface area (Å²) in [6.07, 6.45) is 6.44. The fourth-order valence-electron chi connectivity index (χ4n) is 2.01. The Morgan fingerprint density at radius 2 is 2.33 bits per heavy atom. The predicted molar refractivity (Wildman–Crippen MR) is 48.1 cm³/mol. The SMILES string of the molecule is c1cc2ccn3c2c(n1)CCC3. The van der Waals surface area contributed by atoms with Crippen LogP contribution in [0.4, 0.5) is 0 Å². The van der Waals surface area contributed by atoms with Crippen LogP contribution in [0, 0.1) is 0 Å². The minimum Gasteiger partial charge on any atom is -0.346 e. The number of aromatic nitrogens is 2. The lowest BCUT2D eigenvalue weighted by molar-refractivity contribution is 0.626. The van der Waals surface area contributed by atoms with Gasteiger partial charge in [-0.25, -0.2) is 0 Å². The zero-order chi connectivity index (χ0) is 7.97. The van der Waals surface area contributed by atoms with Crippen molar-refractivity contribution < 1.29 is 0 Å². The van der Waals surface area contributed by atoms with E-state index >= 15 is 0 Å². The van der Waals surface area contributed by atoms with E-state index in [-0.39, 0.29) is 0 Å². The summed E-state index contributed by atoms with van der Waals surface area (Å²) in [5.41, 5.74) is 2.62. The van der Waals surface area contributed by atoms with E-state index in [4.69, 9.17) is 0 Å². The maximum atomic E-state index is 4.39. The van der Waals surface area contributed by atoms with Crippen LogP contribution in [0.2, 0.25) is 0 Å². The minimum atomic E-state index is 1.14. The molecule has 0 radical (unpaired) electrons. The van der Waals surface area contributed by atoms with Crippen molar-refractivity contribution >= 4 is 10.9 Å². The Balaban J connectivity index is 2.50. The molecule has 1 aliphatic rings. The van der Waals surface area contributed by atoms with E-state index in [0.717, 1.165) is 13.0 Å². The molecule has 60 valence electrons. The Labute approximate surface area is 70.8 Å². The second kappa shape index (κ2) is 2.09. The lowest BCUT2D eigenvalue weighted by atomic mass is 10.1. The van der Waals surface area contributed by atoms with Gasteiger partial charge in [-0.15, -0.1) is 0 Å². The van der Waals surface area contributed by atoms with Crippen LogP contribution in [0.25, 0.3) is 10.9 Å². The normalized spacial score (nSPS) is 15.3. The quantitative estimate of drug-likeness (QED) is 0.573. The number of rotatable bonds is 0. The Bertz CT molecular complexity index is 428. The Kier molecular flexibility index (Phi) is 1.09. The van der Waals surface area contributed by atoms with Gasteiger partial charge in [0.25, 0.3) is 0 Å². The molecule has 0 bridgehead atoms. The van der Waals surface area contributed by atoms with Gasteiger partial charge < -0.3 is 4.57 Å². The van der Waals surface area contributed by atoms with Gasteiger partial charge in [0.05, 0.1) is 11.2 Å². The smallest absolute Gasteiger partial charge is 0.0699 e. The van der Waals surface area contributed by atoms with E-state index in [1.54, 1.807) is 0 Å². The highest BCUT2D eigenvalue weighted by Gasteiger charge is 2.11. The van der Waals surface area contributed by atoms with Gasteiger partial charge in [0.2, 0.25) is 0 Å². The van der Waals surface area contributed by atoms with Crippen molar-refractivity contribution in [2.75, 3.05) is 0 Å². The fourth-order valence-corrected chi connectivity index (χ4v) is 2.01. The molecule has 0 N–H and O–H groups in total. The summed E-state index contributed by atoms with van der Waals surface area (Å²) >= 11 is 0. The van der Waals surface area contributed by atoms with Crippen LogP contribution < -0.4 is 0 Å². The molecule has 3 heterocycles. The summed E-state index contributed by atoms with van der Waals surface area (Å²) in [7, 11) is 0. The first-order valence-corrected chi connectivity index (χ1v) is 4.38. The first-order chi connectivity index (χ1) is 5.95. The van der Waals surface area contributed by atoms with Gasteiger partial charge in [-0.2, -0.15) is 0 Å². The Morgan fingerprint density at radius 3 is 3.33 bits per heavy atom. The third kappa shape index (κ3) is 0.670. The molecule has 0 unspecified atom stereocenters. The molecule has 0 fully saturated rings. The topological polar surface area (TPSA) is 17.8 Å². The van der Waals surface area contributed by atoms with Gasteiger partial charge in [0.15, 0.2) is 0 Å². The zero-order valence-corrected chi connectivity index (χ0v) is 6.83. The van der Waals surface area contributed by atoms with E-state index in [1.807, 2.05) is 6.20 Å². The van der Waals surface area contributed by atoms with E-state index < -0.39 is 0 Å². The van der Waals surface area contributed by atoms with E-state index in [0.29, 0.717) is 0 Å². The second-order valence-electron chi connectivity index (χ2n) is 3.31. The summed E-state index contributed by atoms with van der Waals surface area (Å²) in [6, 6.07) is 4.26. The number of hydrogen-bond acceptors (Lipinski definition) is 1. The Morgan fingerprint density at radius 1 is 1.33 bits per heavy atom. The van der Waals surface area contributed by atoms with Gasteiger partial charge in [-0.3, -0.25) is 4.98 Å². The molecule has 1 aliphatic heterocycles. The van der Waals surface area contributed by atoms with Crippen molar-refractivity contribution in [3.8, 4) is 0 Å². The first-order valence-electron chi connectivity index (χ1n) is 4.38. The lowest BCUT2D eigenvalue weighted by Crippen LogP contribution is -2.07. The maximum Gasteiger partial charge on any atom is 0.0699 e. The molecule has 2 nitrogen and oxygen atoms in total. The molecular weight excluding hydrogens is 148 g/mol. The molecule has 0 spiro atoms. The van der Waals surface area contributed by atoms with Gasteiger partial charge in [0.1, 0.15) is 0 Å². The standard InChI is InChI=1S/C10H10N2/c1-2-9-10-8(3-5-11-9)4-7-12(10)6-1/h3-5,7H,1-2,6H2. The van der Waals surface area contributed by atoms with Gasteiger partial charge in [-0.05, 0) is 25.0 Å². The highest BCUT2D eigenvalue weighted by atomic mass is 15.0. The van der Waals surface area contributed by atoms with Crippen molar-refractivity contribution in [3.05, 3.63) is 30.2 Å². The van der Waals surface area contributed by atoms with Crippen molar-refractivity contribution in [2.45, 2.75) is 19.4 Å². The summed E-state index contributed by atoms with van der Waals surface area (Å²) in [4.78, 5) is 4.39. The third-order valence-electron chi connectivity index (χ3n) is 2.57. The van der Waals surface area contributed by atoms with Crippen LogP contribution in [0.1, 0.15) is 12.1 Å². The van der Waals surface area contributed by atoms with Crippen molar-refractivity contribution in [1.82, 2.24) is 9.55 Å². The molecule has 0 aliphatic carbocycles. The van der Waals surface area contributed by atoms with Crippen molar-refractivity contribution in [3.63, 3.8) is 0 Å². The number of pyridine rings is 1. The molecule has 0 atom stereocenters. The van der Waals surface area contributed by atoms with Gasteiger partial charge in [0, 0.05) is 24.3 Å². The van der Waals surface area contributed by atoms with Crippen LogP contribution >= 0.6 is 0 Å². The molecule has 2 aromatic heterocycles. The highest BCUT2D eigenvalue weighted by Crippen LogP contribution is 2.23. The molecule has 3 rings (SSSR count). The predicted octanol–water partition coefficient (Wildman–Crippen LogP) is 1.98. The first kappa shape index (κ1) is 6.23. The lowest BCUT2D eigenvalue weighted by Gasteiger charge is -2.13. The molecule has 12 heavy (non-hydrogen) atoms. The molecule has 0 saturated carbocycles. The fraction of sp³-hybridized carbons (Fsp3) is 0.300. The molecule has 0 amide bonds. The monoisotopic (exact) mass is 158 g/mol. The van der Waals surface area contributed by atoms with Crippen LogP contribution in [0.15, 0.2) is 24.5 Å². The summed E-state index contributed by atoms with van der Waals surface area (Å²) < 4.78 is 2.31. The van der Waals surface area contributed by atoms with Crippen LogP contribution in [-0.2, 0) is 13.0 Å². The number of aryl methyl sites for hydroxylation is 2. The molecule has 0 saturated heterocycles. The molecule has 0 aromatic carbocycles. The third-order valence-corrected chi connectivity index (χ3v) is 2.57. The van der Waals surface area contributed by atoms with E-state index in [2.05, 4.69) is 27.9 Å². The van der Waals surface area contributed by atoms with Crippen molar-refractivity contribution in [2.24, 2.45) is 0 Å². The molecule has 2 heteroatoms. The van der Waals surface area contributed by atoms with Crippen LogP contribution in [0.5, 0.6) is 0 Å². The number of nitrogens with zero attached hydrogens (tertiary/aromatic N) is 2. The van der Waals surface area contributed by atoms with E-state index in [9.17, 15) is 0 Å². The average Bonchev–Trinajstić information content (AvgIpc) is 2.52. The summed E-state index contributed by atoms with van der Waals surface area (Å²) in [5, 5.41) is 1.33. The summed E-state index contributed by atoms with van der Waals surface area (Å²) in [5.74, 6) is 0. The maximum absolute atomic E-state index is 4.39. The van der Waals surface area contributed by atoms with Gasteiger partial charge >= 0.3 is 0 Å². The zero-order valence-electron chi connectivity index (χ0n) is 6.83. The summed E-state index contributed by atoms with van der Waals surface area (Å²) in [6.45, 7) is 1.15. The largest absolute Gasteiger partial charge is 0.346 e. The molecular formula is C10H10N2.